The maximum atomic E-state index is 12.9. The molecule has 1 saturated heterocycles. The summed E-state index contributed by atoms with van der Waals surface area (Å²) in [5.74, 6) is 1.28. The molecule has 1 aliphatic heterocycles. The third kappa shape index (κ3) is 6.04. The van der Waals surface area contributed by atoms with Gasteiger partial charge >= 0.3 is 0 Å². The van der Waals surface area contributed by atoms with E-state index in [9.17, 15) is 4.79 Å². The number of amidine groups is 1. The number of carbonyl (C=O) groups excluding carboxylic acids is 1. The molecule has 2 aromatic carbocycles. The number of halogens is 1. The number of methoxy groups -OCH3 is 1. The molecule has 0 spiro atoms. The number of benzene rings is 2. The van der Waals surface area contributed by atoms with Crippen molar-refractivity contribution in [3.05, 3.63) is 62.1 Å². The quantitative estimate of drug-likeness (QED) is 0.315. The number of hydrogen-bond donors (Lipinski definition) is 0. The van der Waals surface area contributed by atoms with Crippen molar-refractivity contribution in [2.24, 2.45) is 4.99 Å². The summed E-state index contributed by atoms with van der Waals surface area (Å²) in [5.41, 5.74) is 1.97. The van der Waals surface area contributed by atoms with Gasteiger partial charge < -0.3 is 9.47 Å². The SMILES string of the molecule is COc1cc(/C=C2/SC(=NC(C)C)N(C(C)C)C2=O)ccc1OCc1ccc(I)cc1. The first-order valence-corrected chi connectivity index (χ1v) is 12.0. The normalized spacial score (nSPS) is 16.8. The number of rotatable bonds is 7. The Balaban J connectivity index is 1.81. The van der Waals surface area contributed by atoms with E-state index < -0.39 is 0 Å². The van der Waals surface area contributed by atoms with Gasteiger partial charge in [0.15, 0.2) is 16.7 Å². The van der Waals surface area contributed by atoms with Crippen LogP contribution in [0, 0.1) is 3.57 Å². The van der Waals surface area contributed by atoms with E-state index in [1.807, 2.05) is 64.1 Å². The van der Waals surface area contributed by atoms with Gasteiger partial charge in [0.1, 0.15) is 6.61 Å². The van der Waals surface area contributed by atoms with Crippen LogP contribution in [-0.2, 0) is 11.4 Å². The number of ether oxygens (including phenoxy) is 2. The Morgan fingerprint density at radius 3 is 2.42 bits per heavy atom. The summed E-state index contributed by atoms with van der Waals surface area (Å²) in [6.07, 6.45) is 1.89. The van der Waals surface area contributed by atoms with E-state index in [-0.39, 0.29) is 18.0 Å². The molecule has 0 unspecified atom stereocenters. The molecule has 1 aliphatic rings. The van der Waals surface area contributed by atoms with E-state index in [0.717, 1.165) is 16.3 Å². The minimum absolute atomic E-state index is 0.0163. The van der Waals surface area contributed by atoms with E-state index in [1.165, 1.54) is 15.3 Å². The fraction of sp³-hybridized carbons (Fsp3) is 0.333. The Hall–Kier alpha value is -2.00. The van der Waals surface area contributed by atoms with Crippen LogP contribution in [0.1, 0.15) is 38.8 Å². The number of thioether (sulfide) groups is 1. The second kappa shape index (κ2) is 10.5. The van der Waals surface area contributed by atoms with Gasteiger partial charge in [0, 0.05) is 15.7 Å². The molecule has 3 rings (SSSR count). The van der Waals surface area contributed by atoms with E-state index >= 15 is 0 Å². The van der Waals surface area contributed by atoms with Crippen LogP contribution in [0.15, 0.2) is 52.4 Å². The highest BCUT2D eigenvalue weighted by Gasteiger charge is 2.35. The number of carbonyl (C=O) groups is 1. The van der Waals surface area contributed by atoms with E-state index in [2.05, 4.69) is 39.7 Å². The molecular weight excluding hydrogens is 523 g/mol. The van der Waals surface area contributed by atoms with Gasteiger partial charge in [0.05, 0.1) is 12.0 Å². The number of amides is 1. The van der Waals surface area contributed by atoms with Crippen LogP contribution >= 0.6 is 34.4 Å². The monoisotopic (exact) mass is 550 g/mol. The van der Waals surface area contributed by atoms with Crippen LogP contribution < -0.4 is 9.47 Å². The van der Waals surface area contributed by atoms with Gasteiger partial charge in [-0.3, -0.25) is 14.7 Å². The van der Waals surface area contributed by atoms with E-state index in [1.54, 1.807) is 12.0 Å². The van der Waals surface area contributed by atoms with Crippen molar-refractivity contribution >= 4 is 51.5 Å². The molecule has 0 radical (unpaired) electrons. The highest BCUT2D eigenvalue weighted by molar-refractivity contribution is 14.1. The summed E-state index contributed by atoms with van der Waals surface area (Å²) in [5, 5.41) is 0.755. The summed E-state index contributed by atoms with van der Waals surface area (Å²) >= 11 is 3.70. The largest absolute Gasteiger partial charge is 0.493 e. The molecule has 0 bridgehead atoms. The summed E-state index contributed by atoms with van der Waals surface area (Å²) in [4.78, 5) is 20.0. The van der Waals surface area contributed by atoms with Crippen LogP contribution in [0.5, 0.6) is 11.5 Å². The van der Waals surface area contributed by atoms with Crippen LogP contribution in [0.3, 0.4) is 0 Å². The summed E-state index contributed by atoms with van der Waals surface area (Å²) in [6.45, 7) is 8.48. The molecule has 164 valence electrons. The van der Waals surface area contributed by atoms with Gasteiger partial charge in [0.2, 0.25) is 0 Å². The van der Waals surface area contributed by atoms with E-state index in [4.69, 9.17) is 9.47 Å². The van der Waals surface area contributed by atoms with Gasteiger partial charge in [-0.15, -0.1) is 0 Å². The lowest BCUT2D eigenvalue weighted by atomic mass is 10.1. The highest BCUT2D eigenvalue weighted by atomic mass is 127. The maximum Gasteiger partial charge on any atom is 0.266 e. The van der Waals surface area contributed by atoms with Crippen LogP contribution in [-0.4, -0.2) is 35.2 Å². The zero-order chi connectivity index (χ0) is 22.5. The first-order valence-electron chi connectivity index (χ1n) is 10.1. The van der Waals surface area contributed by atoms with Crippen molar-refractivity contribution in [2.75, 3.05) is 7.11 Å². The first-order chi connectivity index (χ1) is 14.8. The highest BCUT2D eigenvalue weighted by Crippen LogP contribution is 2.36. The van der Waals surface area contributed by atoms with Crippen molar-refractivity contribution < 1.29 is 14.3 Å². The Kier molecular flexibility index (Phi) is 8.05. The van der Waals surface area contributed by atoms with Gasteiger partial charge in [-0.1, -0.05) is 18.2 Å². The first kappa shape index (κ1) is 23.7. The van der Waals surface area contributed by atoms with Crippen molar-refractivity contribution in [1.82, 2.24) is 4.90 Å². The van der Waals surface area contributed by atoms with Crippen LogP contribution in [0.25, 0.3) is 6.08 Å². The average Bonchev–Trinajstić information content (AvgIpc) is 3.02. The maximum absolute atomic E-state index is 12.9. The van der Waals surface area contributed by atoms with E-state index in [0.29, 0.717) is 23.0 Å². The minimum Gasteiger partial charge on any atom is -0.493 e. The topological polar surface area (TPSA) is 51.1 Å². The fourth-order valence-electron chi connectivity index (χ4n) is 3.04. The average molecular weight is 550 g/mol. The third-order valence-electron chi connectivity index (χ3n) is 4.51. The Morgan fingerprint density at radius 2 is 1.81 bits per heavy atom. The lowest BCUT2D eigenvalue weighted by Crippen LogP contribution is -2.35. The Bertz CT molecular complexity index is 1000. The molecule has 0 aromatic heterocycles. The minimum atomic E-state index is -0.0163. The van der Waals surface area contributed by atoms with Crippen molar-refractivity contribution in [3.8, 4) is 11.5 Å². The van der Waals surface area contributed by atoms with Crippen molar-refractivity contribution in [2.45, 2.75) is 46.4 Å². The molecule has 1 fully saturated rings. The number of nitrogens with zero attached hydrogens (tertiary/aromatic N) is 2. The van der Waals surface area contributed by atoms with Crippen LogP contribution in [0.2, 0.25) is 0 Å². The predicted molar refractivity (Wildman–Crippen MR) is 137 cm³/mol. The summed E-state index contributed by atoms with van der Waals surface area (Å²) in [6, 6.07) is 14.1. The Labute approximate surface area is 202 Å². The smallest absolute Gasteiger partial charge is 0.266 e. The second-order valence-corrected chi connectivity index (χ2v) is 9.97. The number of hydrogen-bond acceptors (Lipinski definition) is 5. The molecule has 0 aliphatic carbocycles. The fourth-order valence-corrected chi connectivity index (χ4v) is 4.63. The predicted octanol–water partition coefficient (Wildman–Crippen LogP) is 5.97. The molecule has 1 heterocycles. The van der Waals surface area contributed by atoms with Gasteiger partial charge in [-0.05, 0) is 104 Å². The number of aliphatic imine (C=N–C) groups is 1. The third-order valence-corrected chi connectivity index (χ3v) is 6.23. The molecule has 31 heavy (non-hydrogen) atoms. The second-order valence-electron chi connectivity index (χ2n) is 7.71. The molecule has 5 nitrogen and oxygen atoms in total. The molecule has 0 atom stereocenters. The lowest BCUT2D eigenvalue weighted by Gasteiger charge is -2.20. The molecule has 7 heteroatoms. The lowest BCUT2D eigenvalue weighted by molar-refractivity contribution is -0.123. The summed E-state index contributed by atoms with van der Waals surface area (Å²) in [7, 11) is 1.62. The summed E-state index contributed by atoms with van der Waals surface area (Å²) < 4.78 is 12.7. The van der Waals surface area contributed by atoms with Gasteiger partial charge in [-0.25, -0.2) is 0 Å². The zero-order valence-corrected chi connectivity index (χ0v) is 21.4. The van der Waals surface area contributed by atoms with Crippen molar-refractivity contribution in [3.63, 3.8) is 0 Å². The zero-order valence-electron chi connectivity index (χ0n) is 18.4. The standard InChI is InChI=1S/C24H27IN2O3S/c1-15(2)26-24-27(16(3)4)23(28)22(31-24)13-18-8-11-20(21(12-18)29-5)30-14-17-6-9-19(25)10-7-17/h6-13,15-16H,14H2,1-5H3/b22-13+,26-24?. The molecular formula is C24H27IN2O3S. The van der Waals surface area contributed by atoms with Crippen LogP contribution in [0.4, 0.5) is 0 Å². The molecule has 0 saturated carbocycles. The molecule has 2 aromatic rings. The molecule has 1 amide bonds. The Morgan fingerprint density at radius 1 is 1.10 bits per heavy atom. The van der Waals surface area contributed by atoms with Crippen molar-refractivity contribution in [1.29, 1.82) is 0 Å². The molecule has 0 N–H and O–H groups in total. The van der Waals surface area contributed by atoms with Gasteiger partial charge in [0.25, 0.3) is 5.91 Å². The van der Waals surface area contributed by atoms with Gasteiger partial charge in [-0.2, -0.15) is 0 Å².